The summed E-state index contributed by atoms with van der Waals surface area (Å²) in [6.07, 6.45) is 3.90. The smallest absolute Gasteiger partial charge is 0.276 e. The molecular weight excluding hydrogens is 298 g/mol. The molecule has 23 heavy (non-hydrogen) atoms. The Morgan fingerprint density at radius 1 is 1.17 bits per heavy atom. The molecule has 122 valence electrons. The van der Waals surface area contributed by atoms with Gasteiger partial charge in [0.25, 0.3) is 5.91 Å². The number of aromatic nitrogens is 3. The normalized spacial score (nSPS) is 10.1. The first-order chi connectivity index (χ1) is 11.1. The third-order valence-corrected chi connectivity index (χ3v) is 2.99. The van der Waals surface area contributed by atoms with Gasteiger partial charge >= 0.3 is 0 Å². The van der Waals surface area contributed by atoms with Crippen molar-refractivity contribution in [3.8, 4) is 5.75 Å². The van der Waals surface area contributed by atoms with Gasteiger partial charge in [0.05, 0.1) is 0 Å². The molecule has 0 bridgehead atoms. The molecule has 2 amide bonds. The van der Waals surface area contributed by atoms with E-state index in [1.165, 1.54) is 6.33 Å². The van der Waals surface area contributed by atoms with Crippen molar-refractivity contribution in [2.24, 2.45) is 0 Å². The van der Waals surface area contributed by atoms with Crippen LogP contribution in [0, 0.1) is 6.92 Å². The number of hydrogen-bond donors (Lipinski definition) is 2. The van der Waals surface area contributed by atoms with Gasteiger partial charge in [0.2, 0.25) is 5.91 Å². The van der Waals surface area contributed by atoms with Crippen LogP contribution in [0.3, 0.4) is 0 Å². The lowest BCUT2D eigenvalue weighted by Gasteiger charge is -2.09. The number of nitrogens with one attached hydrogen (secondary N) is 2. The van der Waals surface area contributed by atoms with Crippen LogP contribution in [-0.4, -0.2) is 33.2 Å². The summed E-state index contributed by atoms with van der Waals surface area (Å²) < 4.78 is 6.94. The largest absolute Gasteiger partial charge is 0.484 e. The molecule has 2 aromatic rings. The Morgan fingerprint density at radius 3 is 2.61 bits per heavy atom. The Morgan fingerprint density at radius 2 is 1.91 bits per heavy atom. The Labute approximate surface area is 133 Å². The Kier molecular flexibility index (Phi) is 6.10. The van der Waals surface area contributed by atoms with Crippen molar-refractivity contribution in [2.75, 3.05) is 6.61 Å². The molecule has 1 aromatic heterocycles. The van der Waals surface area contributed by atoms with Crippen molar-refractivity contribution in [1.82, 2.24) is 25.6 Å². The lowest BCUT2D eigenvalue weighted by atomic mass is 10.2. The van der Waals surface area contributed by atoms with Crippen molar-refractivity contribution in [1.29, 1.82) is 0 Å². The van der Waals surface area contributed by atoms with E-state index in [4.69, 9.17) is 4.74 Å². The predicted molar refractivity (Wildman–Crippen MR) is 82.2 cm³/mol. The number of carbonyl (C=O) groups excluding carboxylic acids is 2. The molecular formula is C15H19N5O3. The number of hydrazine groups is 1. The van der Waals surface area contributed by atoms with Crippen molar-refractivity contribution in [3.63, 3.8) is 0 Å². The van der Waals surface area contributed by atoms with E-state index in [2.05, 4.69) is 20.9 Å². The van der Waals surface area contributed by atoms with E-state index in [0.29, 0.717) is 18.7 Å². The monoisotopic (exact) mass is 317 g/mol. The minimum atomic E-state index is -0.421. The molecule has 0 radical (unpaired) electrons. The van der Waals surface area contributed by atoms with Crippen LogP contribution in [0.4, 0.5) is 0 Å². The molecule has 2 N–H and O–H groups in total. The summed E-state index contributed by atoms with van der Waals surface area (Å²) in [6.45, 7) is 2.40. The van der Waals surface area contributed by atoms with Gasteiger partial charge in [-0.15, -0.1) is 0 Å². The molecule has 1 aromatic carbocycles. The fourth-order valence-electron chi connectivity index (χ4n) is 1.77. The summed E-state index contributed by atoms with van der Waals surface area (Å²) in [6, 6.07) is 7.35. The third kappa shape index (κ3) is 6.16. The minimum Gasteiger partial charge on any atom is -0.484 e. The second-order valence-electron chi connectivity index (χ2n) is 4.96. The molecule has 0 unspecified atom stereocenters. The average molecular weight is 317 g/mol. The summed E-state index contributed by atoms with van der Waals surface area (Å²) in [5, 5.41) is 3.93. The van der Waals surface area contributed by atoms with Crippen molar-refractivity contribution in [2.45, 2.75) is 26.3 Å². The van der Waals surface area contributed by atoms with Crippen LogP contribution in [0.25, 0.3) is 0 Å². The van der Waals surface area contributed by atoms with Gasteiger partial charge < -0.3 is 4.74 Å². The van der Waals surface area contributed by atoms with Crippen molar-refractivity contribution in [3.05, 3.63) is 42.5 Å². The van der Waals surface area contributed by atoms with Gasteiger partial charge in [-0.05, 0) is 25.5 Å². The Hall–Kier alpha value is -2.90. The number of benzene rings is 1. The highest BCUT2D eigenvalue weighted by atomic mass is 16.5. The van der Waals surface area contributed by atoms with E-state index in [9.17, 15) is 9.59 Å². The van der Waals surface area contributed by atoms with Gasteiger partial charge in [-0.25, -0.2) is 4.98 Å². The quantitative estimate of drug-likeness (QED) is 0.729. The van der Waals surface area contributed by atoms with Gasteiger partial charge in [-0.3, -0.25) is 25.1 Å². The van der Waals surface area contributed by atoms with E-state index < -0.39 is 5.91 Å². The van der Waals surface area contributed by atoms with E-state index in [0.717, 1.165) is 5.56 Å². The summed E-state index contributed by atoms with van der Waals surface area (Å²) in [4.78, 5) is 27.0. The minimum absolute atomic E-state index is 0.164. The number of hydrogen-bond acceptors (Lipinski definition) is 5. The highest BCUT2D eigenvalue weighted by molar-refractivity contribution is 5.82. The summed E-state index contributed by atoms with van der Waals surface area (Å²) in [5.41, 5.74) is 5.76. The number of rotatable bonds is 7. The maximum absolute atomic E-state index is 11.6. The van der Waals surface area contributed by atoms with Gasteiger partial charge in [0.1, 0.15) is 18.4 Å². The predicted octanol–water partition coefficient (Wildman–Crippen LogP) is 0.593. The first-order valence-corrected chi connectivity index (χ1v) is 7.23. The zero-order valence-electron chi connectivity index (χ0n) is 12.9. The molecule has 8 nitrogen and oxygen atoms in total. The maximum Gasteiger partial charge on any atom is 0.276 e. The van der Waals surface area contributed by atoms with Gasteiger partial charge in [0.15, 0.2) is 6.61 Å². The second kappa shape index (κ2) is 8.52. The van der Waals surface area contributed by atoms with E-state index >= 15 is 0 Å². The van der Waals surface area contributed by atoms with Gasteiger partial charge in [-0.1, -0.05) is 17.7 Å². The van der Waals surface area contributed by atoms with Crippen molar-refractivity contribution >= 4 is 11.8 Å². The van der Waals surface area contributed by atoms with Crippen molar-refractivity contribution < 1.29 is 14.3 Å². The average Bonchev–Trinajstić information content (AvgIpc) is 3.06. The highest BCUT2D eigenvalue weighted by Crippen LogP contribution is 2.10. The standard InChI is InChI=1S/C15H19N5O3/c1-12-4-6-13(7-5-12)23-9-15(22)19-18-14(21)3-2-8-20-11-16-10-17-20/h4-7,10-11H,2-3,8-9H2,1H3,(H,18,21)(H,19,22). The topological polar surface area (TPSA) is 98.1 Å². The summed E-state index contributed by atoms with van der Waals surface area (Å²) in [5.74, 6) is -0.0890. The second-order valence-corrected chi connectivity index (χ2v) is 4.96. The van der Waals surface area contributed by atoms with Crippen LogP contribution >= 0.6 is 0 Å². The van der Waals surface area contributed by atoms with E-state index in [-0.39, 0.29) is 18.9 Å². The van der Waals surface area contributed by atoms with Crippen LogP contribution in [0.1, 0.15) is 18.4 Å². The highest BCUT2D eigenvalue weighted by Gasteiger charge is 2.06. The first kappa shape index (κ1) is 16.5. The van der Waals surface area contributed by atoms with Crippen LogP contribution in [-0.2, 0) is 16.1 Å². The number of carbonyl (C=O) groups is 2. The van der Waals surface area contributed by atoms with Crippen LogP contribution in [0.5, 0.6) is 5.75 Å². The Bertz CT molecular complexity index is 625. The van der Waals surface area contributed by atoms with E-state index in [1.807, 2.05) is 19.1 Å². The molecule has 0 aliphatic rings. The fraction of sp³-hybridized carbons (Fsp3) is 0.333. The molecule has 8 heteroatoms. The molecule has 2 rings (SSSR count). The molecule has 0 saturated carbocycles. The molecule has 0 spiro atoms. The van der Waals surface area contributed by atoms with E-state index in [1.54, 1.807) is 23.1 Å². The molecule has 0 atom stereocenters. The molecule has 1 heterocycles. The van der Waals surface area contributed by atoms with Gasteiger partial charge in [-0.2, -0.15) is 5.10 Å². The first-order valence-electron chi connectivity index (χ1n) is 7.23. The number of aryl methyl sites for hydroxylation is 2. The number of ether oxygens (including phenoxy) is 1. The number of amides is 2. The molecule has 0 aliphatic heterocycles. The zero-order chi connectivity index (χ0) is 16.5. The zero-order valence-corrected chi connectivity index (χ0v) is 12.9. The van der Waals surface area contributed by atoms with Crippen LogP contribution < -0.4 is 15.6 Å². The fourth-order valence-corrected chi connectivity index (χ4v) is 1.77. The maximum atomic E-state index is 11.6. The Balaban J connectivity index is 1.58. The SMILES string of the molecule is Cc1ccc(OCC(=O)NNC(=O)CCCn2cncn2)cc1. The van der Waals surface area contributed by atoms with Gasteiger partial charge in [0, 0.05) is 13.0 Å². The summed E-state index contributed by atoms with van der Waals surface area (Å²) >= 11 is 0. The van der Waals surface area contributed by atoms with Crippen LogP contribution in [0.15, 0.2) is 36.9 Å². The third-order valence-electron chi connectivity index (χ3n) is 2.99. The lowest BCUT2D eigenvalue weighted by molar-refractivity contribution is -0.130. The molecule has 0 saturated heterocycles. The lowest BCUT2D eigenvalue weighted by Crippen LogP contribution is -2.43. The van der Waals surface area contributed by atoms with Crippen LogP contribution in [0.2, 0.25) is 0 Å². The molecule has 0 aliphatic carbocycles. The number of nitrogens with zero attached hydrogens (tertiary/aromatic N) is 3. The summed E-state index contributed by atoms with van der Waals surface area (Å²) in [7, 11) is 0. The molecule has 0 fully saturated rings.